The van der Waals surface area contributed by atoms with E-state index in [1.165, 1.54) is 13.8 Å². The van der Waals surface area contributed by atoms with E-state index in [1.54, 1.807) is 21.9 Å². The summed E-state index contributed by atoms with van der Waals surface area (Å²) in [5.41, 5.74) is 3.09. The molecule has 46 heavy (non-hydrogen) atoms. The monoisotopic (exact) mass is 638 g/mol. The van der Waals surface area contributed by atoms with Crippen LogP contribution in [-0.2, 0) is 25.6 Å². The smallest absolute Gasteiger partial charge is 0.308 e. The molecule has 7 rings (SSSR count). The van der Waals surface area contributed by atoms with Gasteiger partial charge in [-0.15, -0.1) is 11.6 Å². The van der Waals surface area contributed by atoms with Crippen molar-refractivity contribution in [2.24, 2.45) is 5.41 Å². The van der Waals surface area contributed by atoms with E-state index in [0.717, 1.165) is 57.6 Å². The van der Waals surface area contributed by atoms with Crippen molar-refractivity contribution < 1.29 is 28.7 Å². The van der Waals surface area contributed by atoms with Gasteiger partial charge in [0.15, 0.2) is 0 Å². The van der Waals surface area contributed by atoms with Crippen LogP contribution in [0.3, 0.4) is 0 Å². The lowest BCUT2D eigenvalue weighted by Gasteiger charge is -2.42. The minimum absolute atomic E-state index is 0.0288. The van der Waals surface area contributed by atoms with Crippen LogP contribution in [0, 0.1) is 5.41 Å². The summed E-state index contributed by atoms with van der Waals surface area (Å²) < 4.78 is 11.2. The molecule has 236 valence electrons. The Bertz CT molecular complexity index is 1930. The maximum atomic E-state index is 14.1. The number of nitrogens with zero attached hydrogens (tertiary/aromatic N) is 2. The molecule has 0 N–H and O–H groups in total. The van der Waals surface area contributed by atoms with Gasteiger partial charge in [-0.3, -0.25) is 19.2 Å². The Balaban J connectivity index is 1.16. The normalized spacial score (nSPS) is 17.8. The Kier molecular flexibility index (Phi) is 7.71. The number of halogens is 1. The molecule has 1 fully saturated rings. The third-order valence-corrected chi connectivity index (χ3v) is 10.2. The number of hydrogen-bond donors (Lipinski definition) is 0. The maximum absolute atomic E-state index is 14.1. The van der Waals surface area contributed by atoms with Crippen molar-refractivity contribution in [1.29, 1.82) is 0 Å². The zero-order valence-electron chi connectivity index (χ0n) is 25.9. The number of carbonyl (C=O) groups is 4. The molecule has 2 aliphatic heterocycles. The highest BCUT2D eigenvalue weighted by molar-refractivity contribution is 6.19. The molecule has 8 nitrogen and oxygen atoms in total. The molecule has 4 aromatic carbocycles. The fourth-order valence-electron chi connectivity index (χ4n) is 7.67. The predicted octanol–water partition coefficient (Wildman–Crippen LogP) is 7.05. The van der Waals surface area contributed by atoms with Gasteiger partial charge in [0.25, 0.3) is 0 Å². The number of ether oxygens (including phenoxy) is 2. The van der Waals surface area contributed by atoms with Crippen LogP contribution in [0.25, 0.3) is 21.5 Å². The molecule has 1 saturated carbocycles. The zero-order chi connectivity index (χ0) is 32.2. The van der Waals surface area contributed by atoms with Crippen LogP contribution in [0.15, 0.2) is 60.7 Å². The van der Waals surface area contributed by atoms with Crippen LogP contribution in [-0.4, -0.2) is 42.7 Å². The van der Waals surface area contributed by atoms with Gasteiger partial charge < -0.3 is 19.3 Å². The van der Waals surface area contributed by atoms with Gasteiger partial charge in [-0.1, -0.05) is 55.0 Å². The molecule has 9 heteroatoms. The Labute approximate surface area is 272 Å². The number of hydrogen-bond acceptors (Lipinski definition) is 6. The standard InChI is InChI=1S/C37H35ClN2O6/c1-22(41)45-32-16-30-26(25-8-3-4-9-27(25)32)12-15-39(30)34(43)18-37(13-7-14-37)19-35(44)40-21-24(20-38)36-29-11-6-5-10-28(29)33(17-31(36)40)46-23(2)42/h3-6,8-11,16-17,24H,7,12-15,18-21H2,1-2H3. The van der Waals surface area contributed by atoms with Crippen LogP contribution < -0.4 is 19.3 Å². The van der Waals surface area contributed by atoms with Crippen LogP contribution >= 0.6 is 11.6 Å². The maximum Gasteiger partial charge on any atom is 0.308 e. The van der Waals surface area contributed by atoms with E-state index >= 15 is 0 Å². The van der Waals surface area contributed by atoms with Gasteiger partial charge >= 0.3 is 11.9 Å². The Hall–Kier alpha value is -4.43. The van der Waals surface area contributed by atoms with Gasteiger partial charge in [-0.2, -0.15) is 0 Å². The van der Waals surface area contributed by atoms with E-state index in [9.17, 15) is 19.2 Å². The van der Waals surface area contributed by atoms with E-state index in [2.05, 4.69) is 0 Å². The third-order valence-electron chi connectivity index (χ3n) is 9.86. The summed E-state index contributed by atoms with van der Waals surface area (Å²) in [4.78, 5) is 55.6. The first-order chi connectivity index (χ1) is 22.2. The summed E-state index contributed by atoms with van der Waals surface area (Å²) in [6.45, 7) is 3.70. The Morgan fingerprint density at radius 1 is 0.783 bits per heavy atom. The highest BCUT2D eigenvalue weighted by Crippen LogP contribution is 2.51. The largest absolute Gasteiger partial charge is 0.426 e. The minimum atomic E-state index is -0.443. The summed E-state index contributed by atoms with van der Waals surface area (Å²) in [6, 6.07) is 19.1. The zero-order valence-corrected chi connectivity index (χ0v) is 26.7. The molecule has 2 heterocycles. The highest BCUT2D eigenvalue weighted by Gasteiger charge is 2.45. The van der Waals surface area contributed by atoms with E-state index < -0.39 is 17.4 Å². The third kappa shape index (κ3) is 5.18. The van der Waals surface area contributed by atoms with Crippen molar-refractivity contribution in [2.45, 2.75) is 58.3 Å². The molecule has 0 radical (unpaired) electrons. The summed E-state index contributed by atoms with van der Waals surface area (Å²) in [6.07, 6.45) is 3.73. The molecule has 2 amide bonds. The second-order valence-electron chi connectivity index (χ2n) is 12.8. The lowest BCUT2D eigenvalue weighted by atomic mass is 9.64. The van der Waals surface area contributed by atoms with Crippen molar-refractivity contribution in [1.82, 2.24) is 0 Å². The fourth-order valence-corrected chi connectivity index (χ4v) is 7.93. The minimum Gasteiger partial charge on any atom is -0.426 e. The molecule has 0 aromatic heterocycles. The van der Waals surface area contributed by atoms with Crippen molar-refractivity contribution in [2.75, 3.05) is 28.8 Å². The van der Waals surface area contributed by atoms with Crippen LogP contribution in [0.2, 0.25) is 0 Å². The first-order valence-electron chi connectivity index (χ1n) is 15.8. The molecule has 3 aliphatic rings. The van der Waals surface area contributed by atoms with Crippen molar-refractivity contribution in [3.63, 3.8) is 0 Å². The second-order valence-corrected chi connectivity index (χ2v) is 13.1. The summed E-state index contributed by atoms with van der Waals surface area (Å²) in [5, 5.41) is 3.54. The SMILES string of the molecule is CC(=O)Oc1cc2c(c3ccccc13)CCN2C(=O)CC1(CC(=O)N2CC(CCl)c3c2cc(OC(C)=O)c2ccccc32)CCC1. The number of fused-ring (bicyclic) bond motifs is 6. The summed E-state index contributed by atoms with van der Waals surface area (Å²) >= 11 is 6.46. The lowest BCUT2D eigenvalue weighted by molar-refractivity contribution is -0.132. The number of benzene rings is 4. The van der Waals surface area contributed by atoms with Crippen LogP contribution in [0.5, 0.6) is 11.5 Å². The van der Waals surface area contributed by atoms with E-state index in [4.69, 9.17) is 21.1 Å². The van der Waals surface area contributed by atoms with Crippen molar-refractivity contribution in [3.05, 3.63) is 71.8 Å². The lowest BCUT2D eigenvalue weighted by Crippen LogP contribution is -2.43. The number of carbonyl (C=O) groups excluding carboxylic acids is 4. The molecule has 4 aromatic rings. The molecular weight excluding hydrogens is 604 g/mol. The number of esters is 2. The molecule has 0 spiro atoms. The first kappa shape index (κ1) is 30.2. The van der Waals surface area contributed by atoms with Crippen LogP contribution in [0.4, 0.5) is 11.4 Å². The van der Waals surface area contributed by atoms with Crippen LogP contribution in [0.1, 0.15) is 63.0 Å². The van der Waals surface area contributed by atoms with Gasteiger partial charge in [0.1, 0.15) is 11.5 Å². The molecule has 1 atom stereocenters. The van der Waals surface area contributed by atoms with E-state index in [1.807, 2.05) is 48.5 Å². The molecule has 1 aliphatic carbocycles. The highest BCUT2D eigenvalue weighted by atomic mass is 35.5. The second kappa shape index (κ2) is 11.7. The summed E-state index contributed by atoms with van der Waals surface area (Å²) in [5.74, 6) is 0.191. The average Bonchev–Trinajstić information content (AvgIpc) is 3.61. The number of alkyl halides is 1. The van der Waals surface area contributed by atoms with Crippen molar-refractivity contribution >= 4 is 68.3 Å². The molecule has 0 saturated heterocycles. The average molecular weight is 639 g/mol. The van der Waals surface area contributed by atoms with Gasteiger partial charge in [0.2, 0.25) is 11.8 Å². The molecular formula is C37H35ClN2O6. The van der Waals surface area contributed by atoms with E-state index in [0.29, 0.717) is 42.6 Å². The first-order valence-corrected chi connectivity index (χ1v) is 16.4. The van der Waals surface area contributed by atoms with E-state index in [-0.39, 0.29) is 30.6 Å². The van der Waals surface area contributed by atoms with Crippen molar-refractivity contribution in [3.8, 4) is 11.5 Å². The molecule has 1 unspecified atom stereocenters. The van der Waals surface area contributed by atoms with Gasteiger partial charge in [0.05, 0.1) is 11.4 Å². The molecule has 0 bridgehead atoms. The fraction of sp³-hybridized carbons (Fsp3) is 0.351. The Morgan fingerprint density at radius 3 is 1.89 bits per heavy atom. The Morgan fingerprint density at radius 2 is 1.33 bits per heavy atom. The van der Waals surface area contributed by atoms with Gasteiger partial charge in [-0.05, 0) is 46.6 Å². The quantitative estimate of drug-likeness (QED) is 0.122. The van der Waals surface area contributed by atoms with Gasteiger partial charge in [0, 0.05) is 74.5 Å². The number of amides is 2. The topological polar surface area (TPSA) is 93.2 Å². The number of anilines is 2. The van der Waals surface area contributed by atoms with Gasteiger partial charge in [-0.25, -0.2) is 0 Å². The summed E-state index contributed by atoms with van der Waals surface area (Å²) in [7, 11) is 0. The predicted molar refractivity (Wildman–Crippen MR) is 178 cm³/mol. The number of rotatable bonds is 7.